The summed E-state index contributed by atoms with van der Waals surface area (Å²) in [6.07, 6.45) is 4.89. The summed E-state index contributed by atoms with van der Waals surface area (Å²) in [5, 5.41) is 3.91. The molecule has 3 rings (SSSR count). The van der Waals surface area contributed by atoms with E-state index in [4.69, 9.17) is 0 Å². The van der Waals surface area contributed by atoms with Crippen LogP contribution in [0.3, 0.4) is 0 Å². The van der Waals surface area contributed by atoms with Gasteiger partial charge in [-0.25, -0.2) is 4.98 Å². The lowest BCUT2D eigenvalue weighted by molar-refractivity contribution is 0.102. The van der Waals surface area contributed by atoms with Crippen LogP contribution >= 0.6 is 15.9 Å². The lowest BCUT2D eigenvalue weighted by Crippen LogP contribution is -2.13. The molecule has 1 aromatic carbocycles. The molecular formula is C18H20BrN3O. The number of hydrogen-bond acceptors (Lipinski definition) is 2. The predicted octanol–water partition coefficient (Wildman–Crippen LogP) is 5.00. The summed E-state index contributed by atoms with van der Waals surface area (Å²) in [4.78, 5) is 16.5. The van der Waals surface area contributed by atoms with Crippen molar-refractivity contribution in [3.63, 3.8) is 0 Å². The molecule has 2 heterocycles. The summed E-state index contributed by atoms with van der Waals surface area (Å²) in [5.41, 5.74) is 1.51. The number of nitrogens with one attached hydrogen (secondary N) is 1. The third-order valence-corrected chi connectivity index (χ3v) is 3.65. The zero-order valence-corrected chi connectivity index (χ0v) is 15.1. The largest absolute Gasteiger partial charge is 0.348 e. The fourth-order valence-corrected chi connectivity index (χ4v) is 2.38. The number of pyridine rings is 1. The van der Waals surface area contributed by atoms with Gasteiger partial charge in [0.25, 0.3) is 5.91 Å². The van der Waals surface area contributed by atoms with E-state index in [2.05, 4.69) is 40.1 Å². The smallest absolute Gasteiger partial charge is 0.256 e. The van der Waals surface area contributed by atoms with Crippen LogP contribution in [0.2, 0.25) is 0 Å². The summed E-state index contributed by atoms with van der Waals surface area (Å²) < 4.78 is 2.89. The normalized spacial score (nSPS) is 10.1. The van der Waals surface area contributed by atoms with Gasteiger partial charge in [-0.3, -0.25) is 4.79 Å². The zero-order chi connectivity index (χ0) is 16.8. The molecule has 0 aliphatic carbocycles. The van der Waals surface area contributed by atoms with Crippen molar-refractivity contribution in [1.29, 1.82) is 0 Å². The van der Waals surface area contributed by atoms with E-state index >= 15 is 0 Å². The molecule has 5 heteroatoms. The number of fused-ring (bicyclic) bond motifs is 1. The first kappa shape index (κ1) is 17.2. The predicted molar refractivity (Wildman–Crippen MR) is 98.8 cm³/mol. The van der Waals surface area contributed by atoms with Gasteiger partial charge >= 0.3 is 0 Å². The molecule has 1 N–H and O–H groups in total. The maximum Gasteiger partial charge on any atom is 0.256 e. The Morgan fingerprint density at radius 1 is 1.17 bits per heavy atom. The average molecular weight is 374 g/mol. The molecule has 23 heavy (non-hydrogen) atoms. The number of amides is 1. The van der Waals surface area contributed by atoms with Crippen LogP contribution in [0, 0.1) is 0 Å². The third kappa shape index (κ3) is 4.20. The second-order valence-electron chi connectivity index (χ2n) is 5.19. The Balaban J connectivity index is 0.000000595. The first-order chi connectivity index (χ1) is 11.1. The summed E-state index contributed by atoms with van der Waals surface area (Å²) >= 11 is 3.35. The van der Waals surface area contributed by atoms with Crippen molar-refractivity contribution in [1.82, 2.24) is 9.55 Å². The Bertz CT molecular complexity index is 794. The number of aromatic nitrogens is 2. The third-order valence-electron chi connectivity index (χ3n) is 3.12. The van der Waals surface area contributed by atoms with Crippen molar-refractivity contribution < 1.29 is 4.79 Å². The molecule has 1 amide bonds. The van der Waals surface area contributed by atoms with Crippen molar-refractivity contribution in [2.75, 3.05) is 5.32 Å². The van der Waals surface area contributed by atoms with E-state index in [-0.39, 0.29) is 5.91 Å². The molecule has 0 bridgehead atoms. The second-order valence-corrected chi connectivity index (χ2v) is 6.11. The van der Waals surface area contributed by atoms with Crippen molar-refractivity contribution in [2.45, 2.75) is 20.3 Å². The maximum absolute atomic E-state index is 12.2. The van der Waals surface area contributed by atoms with Crippen molar-refractivity contribution >= 4 is 38.6 Å². The van der Waals surface area contributed by atoms with Crippen LogP contribution in [0.25, 0.3) is 10.9 Å². The number of rotatable bonds is 2. The van der Waals surface area contributed by atoms with E-state index in [1.807, 2.05) is 42.1 Å². The minimum absolute atomic E-state index is 0.168. The van der Waals surface area contributed by atoms with Gasteiger partial charge in [0.05, 0.1) is 5.52 Å². The van der Waals surface area contributed by atoms with E-state index in [1.54, 1.807) is 18.3 Å². The molecule has 0 saturated heterocycles. The van der Waals surface area contributed by atoms with Gasteiger partial charge in [-0.2, -0.15) is 0 Å². The monoisotopic (exact) mass is 373 g/mol. The first-order valence-corrected chi connectivity index (χ1v) is 8.33. The van der Waals surface area contributed by atoms with Crippen LogP contribution in [-0.2, 0) is 7.05 Å². The summed E-state index contributed by atoms with van der Waals surface area (Å²) in [7, 11) is 1.93. The maximum atomic E-state index is 12.2. The summed E-state index contributed by atoms with van der Waals surface area (Å²) in [6.45, 7) is 4.25. The van der Waals surface area contributed by atoms with Crippen LogP contribution < -0.4 is 5.32 Å². The summed E-state index contributed by atoms with van der Waals surface area (Å²) in [5.74, 6) is 0.404. The Kier molecular flexibility index (Phi) is 5.93. The van der Waals surface area contributed by atoms with E-state index < -0.39 is 0 Å². The van der Waals surface area contributed by atoms with Gasteiger partial charge in [0.2, 0.25) is 0 Å². The minimum Gasteiger partial charge on any atom is -0.348 e. The van der Waals surface area contributed by atoms with E-state index in [9.17, 15) is 4.79 Å². The average Bonchev–Trinajstić information content (AvgIpc) is 2.91. The molecule has 0 aliphatic rings. The number of halogens is 1. The van der Waals surface area contributed by atoms with E-state index in [0.29, 0.717) is 11.4 Å². The van der Waals surface area contributed by atoms with E-state index in [1.165, 1.54) is 6.42 Å². The minimum atomic E-state index is -0.168. The number of anilines is 1. The van der Waals surface area contributed by atoms with Gasteiger partial charge in [0.1, 0.15) is 0 Å². The van der Waals surface area contributed by atoms with E-state index in [0.717, 1.165) is 15.4 Å². The molecule has 0 saturated carbocycles. The van der Waals surface area contributed by atoms with Gasteiger partial charge in [-0.1, -0.05) is 36.2 Å². The van der Waals surface area contributed by atoms with Crippen molar-refractivity contribution in [2.24, 2.45) is 7.05 Å². The first-order valence-electron chi connectivity index (χ1n) is 7.53. The highest BCUT2D eigenvalue weighted by atomic mass is 79.9. The number of benzene rings is 1. The quantitative estimate of drug-likeness (QED) is 0.686. The van der Waals surface area contributed by atoms with Gasteiger partial charge in [-0.15, -0.1) is 0 Å². The number of carbonyl (C=O) groups excluding carboxylic acids is 1. The molecule has 0 fully saturated rings. The van der Waals surface area contributed by atoms with Gasteiger partial charge in [-0.05, 0) is 36.4 Å². The Labute approximate surface area is 144 Å². The molecule has 4 nitrogen and oxygen atoms in total. The molecule has 0 unspecified atom stereocenters. The van der Waals surface area contributed by atoms with Crippen LogP contribution in [-0.4, -0.2) is 15.5 Å². The highest BCUT2D eigenvalue weighted by molar-refractivity contribution is 9.10. The Morgan fingerprint density at radius 3 is 2.48 bits per heavy atom. The second kappa shape index (κ2) is 7.92. The molecule has 0 radical (unpaired) electrons. The zero-order valence-electron chi connectivity index (χ0n) is 13.5. The van der Waals surface area contributed by atoms with Gasteiger partial charge in [0, 0.05) is 34.9 Å². The number of nitrogens with zero attached hydrogens (tertiary/aromatic N) is 2. The molecular weight excluding hydrogens is 354 g/mol. The highest BCUT2D eigenvalue weighted by Crippen LogP contribution is 2.22. The lowest BCUT2D eigenvalue weighted by atomic mass is 10.2. The standard InChI is InChI=1S/C15H12BrN3O.C3H8/c1-19-9-7-10-6-8-17-14(13(10)19)18-15(20)11-2-4-12(16)5-3-11;1-3-2/h2-9H,1H3,(H,17,18,20);3H2,1-2H3. The van der Waals surface area contributed by atoms with Crippen molar-refractivity contribution in [3.8, 4) is 0 Å². The van der Waals surface area contributed by atoms with Crippen LogP contribution in [0.1, 0.15) is 30.6 Å². The topological polar surface area (TPSA) is 46.9 Å². The van der Waals surface area contributed by atoms with Gasteiger partial charge in [0.15, 0.2) is 5.82 Å². The molecule has 0 atom stereocenters. The fourth-order valence-electron chi connectivity index (χ4n) is 2.11. The summed E-state index contributed by atoms with van der Waals surface area (Å²) in [6, 6.07) is 11.1. The van der Waals surface area contributed by atoms with Crippen LogP contribution in [0.5, 0.6) is 0 Å². The van der Waals surface area contributed by atoms with Crippen LogP contribution in [0.4, 0.5) is 5.82 Å². The Hall–Kier alpha value is -2.14. The SMILES string of the molecule is CCC.Cn1ccc2ccnc(NC(=O)c3ccc(Br)cc3)c21. The lowest BCUT2D eigenvalue weighted by Gasteiger charge is -2.07. The van der Waals surface area contributed by atoms with Crippen LogP contribution in [0.15, 0.2) is 53.3 Å². The molecule has 120 valence electrons. The van der Waals surface area contributed by atoms with Crippen molar-refractivity contribution in [3.05, 3.63) is 58.8 Å². The number of carbonyl (C=O) groups is 1. The molecule has 3 aromatic rings. The highest BCUT2D eigenvalue weighted by Gasteiger charge is 2.11. The molecule has 0 aliphatic heterocycles. The number of aryl methyl sites for hydroxylation is 1. The molecule has 2 aromatic heterocycles. The van der Waals surface area contributed by atoms with Gasteiger partial charge < -0.3 is 9.88 Å². The Morgan fingerprint density at radius 2 is 1.83 bits per heavy atom. The molecule has 0 spiro atoms. The fraction of sp³-hybridized carbons (Fsp3) is 0.222. The number of hydrogen-bond donors (Lipinski definition) is 1.